The van der Waals surface area contributed by atoms with Gasteiger partial charge in [-0.2, -0.15) is 0 Å². The Labute approximate surface area is 352 Å². The van der Waals surface area contributed by atoms with Crippen molar-refractivity contribution in [3.63, 3.8) is 0 Å². The van der Waals surface area contributed by atoms with Gasteiger partial charge < -0.3 is 29.7 Å². The Balaban J connectivity index is 4.57. The molecule has 0 saturated heterocycles. The van der Waals surface area contributed by atoms with Gasteiger partial charge in [0.15, 0.2) is 6.10 Å². The van der Waals surface area contributed by atoms with Crippen molar-refractivity contribution in [1.82, 2.24) is 5.32 Å². The van der Waals surface area contributed by atoms with Gasteiger partial charge in [-0.05, 0) is 77.0 Å². The molecule has 0 aliphatic rings. The molecule has 334 valence electrons. The number of unbranched alkanes of at least 4 members (excludes halogenated alkanes) is 16. The van der Waals surface area contributed by atoms with E-state index in [2.05, 4.69) is 67.8 Å². The topological polar surface area (TPSA) is 148 Å². The van der Waals surface area contributed by atoms with E-state index in [9.17, 15) is 29.4 Å². The summed E-state index contributed by atoms with van der Waals surface area (Å²) in [7, 11) is 0. The monoisotopic (exact) mass is 818 g/mol. The summed E-state index contributed by atoms with van der Waals surface area (Å²) in [5.74, 6) is -2.19. The van der Waals surface area contributed by atoms with Gasteiger partial charge >= 0.3 is 17.9 Å². The minimum atomic E-state index is -1.45. The van der Waals surface area contributed by atoms with Gasteiger partial charge in [0, 0.05) is 24.8 Å². The molecule has 1 unspecified atom stereocenters. The van der Waals surface area contributed by atoms with E-state index in [1.807, 2.05) is 0 Å². The summed E-state index contributed by atoms with van der Waals surface area (Å²) in [5.41, 5.74) is -1.04. The van der Waals surface area contributed by atoms with Crippen LogP contribution in [0.25, 0.3) is 0 Å². The summed E-state index contributed by atoms with van der Waals surface area (Å²) in [4.78, 5) is 49.9. The lowest BCUT2D eigenvalue weighted by molar-refractivity contribution is -0.167. The fraction of sp³-hybridized carbons (Fsp3) is 0.750. The van der Waals surface area contributed by atoms with E-state index >= 15 is 0 Å². The van der Waals surface area contributed by atoms with Crippen LogP contribution < -0.4 is 5.32 Å². The smallest absolute Gasteiger partial charge is 0.307 e. The Morgan fingerprint density at radius 1 is 0.552 bits per heavy atom. The molecule has 0 aromatic heterocycles. The maximum Gasteiger partial charge on any atom is 0.307 e. The highest BCUT2D eigenvalue weighted by atomic mass is 16.6. The second kappa shape index (κ2) is 39.2. The minimum Gasteiger partial charge on any atom is -0.462 e. The predicted molar refractivity (Wildman–Crippen MR) is 235 cm³/mol. The molecule has 0 fully saturated rings. The molecule has 0 heterocycles. The van der Waals surface area contributed by atoms with Crippen LogP contribution in [0.4, 0.5) is 0 Å². The largest absolute Gasteiger partial charge is 0.462 e. The van der Waals surface area contributed by atoms with E-state index in [-0.39, 0.29) is 51.6 Å². The lowest BCUT2D eigenvalue weighted by Gasteiger charge is -2.27. The number of ether oxygens (including phenoxy) is 3. The fourth-order valence-electron chi connectivity index (χ4n) is 5.86. The van der Waals surface area contributed by atoms with Crippen molar-refractivity contribution in [3.8, 4) is 0 Å². The van der Waals surface area contributed by atoms with Gasteiger partial charge in [-0.3, -0.25) is 19.2 Å². The molecule has 0 aliphatic carbocycles. The zero-order valence-corrected chi connectivity index (χ0v) is 37.0. The highest BCUT2D eigenvalue weighted by molar-refractivity contribution is 5.82. The van der Waals surface area contributed by atoms with Crippen LogP contribution >= 0.6 is 0 Å². The molecule has 58 heavy (non-hydrogen) atoms. The maximum absolute atomic E-state index is 12.7. The van der Waals surface area contributed by atoms with E-state index in [0.717, 1.165) is 83.5 Å². The molecule has 2 atom stereocenters. The first-order valence-electron chi connectivity index (χ1n) is 22.7. The standard InChI is InChI=1S/C48H83NO9/c1-5-7-9-11-13-15-17-19-21-23-25-27-29-31-33-35-43(51)56-39-42(40-57-44(52)37-38-49-47(55)46(54)48(3,4)41-50)58-45(53)36-34-32-30-28-26-24-22-20-18-16-14-12-10-8-6-2/h13-16,19-22,42,46,50,54H,5-12,17-18,23-41H2,1-4H3,(H,49,55)/b15-13-,16-14-,21-19-,22-20-/t42?,46-/m0/s1. The third-order valence-electron chi connectivity index (χ3n) is 9.85. The summed E-state index contributed by atoms with van der Waals surface area (Å²) in [6, 6.07) is 0. The van der Waals surface area contributed by atoms with Crippen LogP contribution in [0.2, 0.25) is 0 Å². The van der Waals surface area contributed by atoms with Crippen LogP contribution in [0.1, 0.15) is 188 Å². The van der Waals surface area contributed by atoms with Gasteiger partial charge in [-0.1, -0.05) is 141 Å². The van der Waals surface area contributed by atoms with Gasteiger partial charge in [0.1, 0.15) is 19.3 Å². The first-order valence-corrected chi connectivity index (χ1v) is 22.7. The molecule has 0 aliphatic heterocycles. The normalized spacial score (nSPS) is 13.1. The molecule has 0 radical (unpaired) electrons. The summed E-state index contributed by atoms with van der Waals surface area (Å²) in [6.45, 7) is 6.54. The first kappa shape index (κ1) is 54.8. The van der Waals surface area contributed by atoms with Crippen molar-refractivity contribution in [2.45, 2.75) is 200 Å². The summed E-state index contributed by atoms with van der Waals surface area (Å²) >= 11 is 0. The highest BCUT2D eigenvalue weighted by Gasteiger charge is 2.32. The number of hydrogen-bond donors (Lipinski definition) is 3. The molecular weight excluding hydrogens is 735 g/mol. The van der Waals surface area contributed by atoms with Crippen LogP contribution in [0.3, 0.4) is 0 Å². The van der Waals surface area contributed by atoms with Crippen molar-refractivity contribution in [2.24, 2.45) is 5.41 Å². The van der Waals surface area contributed by atoms with E-state index in [4.69, 9.17) is 14.2 Å². The van der Waals surface area contributed by atoms with Crippen LogP contribution in [0, 0.1) is 5.41 Å². The molecule has 0 rings (SSSR count). The third-order valence-corrected chi connectivity index (χ3v) is 9.85. The molecule has 1 amide bonds. The zero-order valence-electron chi connectivity index (χ0n) is 37.0. The number of aliphatic hydroxyl groups excluding tert-OH is 2. The Morgan fingerprint density at radius 3 is 1.40 bits per heavy atom. The van der Waals surface area contributed by atoms with Gasteiger partial charge in [0.25, 0.3) is 0 Å². The van der Waals surface area contributed by atoms with Crippen LogP contribution in [-0.2, 0) is 33.4 Å². The van der Waals surface area contributed by atoms with Crippen molar-refractivity contribution in [3.05, 3.63) is 48.6 Å². The molecule has 0 aromatic rings. The van der Waals surface area contributed by atoms with Crippen molar-refractivity contribution in [2.75, 3.05) is 26.4 Å². The zero-order chi connectivity index (χ0) is 43.0. The maximum atomic E-state index is 12.7. The second-order valence-corrected chi connectivity index (χ2v) is 16.0. The minimum absolute atomic E-state index is 0.0872. The van der Waals surface area contributed by atoms with Crippen molar-refractivity contribution >= 4 is 23.8 Å². The number of rotatable bonds is 39. The number of hydrogen-bond acceptors (Lipinski definition) is 9. The number of nitrogens with one attached hydrogen (secondary N) is 1. The summed E-state index contributed by atoms with van der Waals surface area (Å²) < 4.78 is 16.3. The average Bonchev–Trinajstić information content (AvgIpc) is 3.21. The first-order chi connectivity index (χ1) is 28.1. The summed E-state index contributed by atoms with van der Waals surface area (Å²) in [6.07, 6.45) is 39.6. The van der Waals surface area contributed by atoms with Crippen LogP contribution in [0.15, 0.2) is 48.6 Å². The quantitative estimate of drug-likeness (QED) is 0.0238. The van der Waals surface area contributed by atoms with E-state index in [1.54, 1.807) is 13.8 Å². The average molecular weight is 818 g/mol. The van der Waals surface area contributed by atoms with Crippen LogP contribution in [0.5, 0.6) is 0 Å². The molecule has 0 spiro atoms. The molecule has 10 nitrogen and oxygen atoms in total. The Morgan fingerprint density at radius 2 is 0.948 bits per heavy atom. The third kappa shape index (κ3) is 34.8. The molecule has 0 saturated carbocycles. The van der Waals surface area contributed by atoms with E-state index in [1.165, 1.54) is 44.9 Å². The van der Waals surface area contributed by atoms with Gasteiger partial charge in [0.05, 0.1) is 13.0 Å². The van der Waals surface area contributed by atoms with E-state index in [0.29, 0.717) is 12.8 Å². The Hall–Kier alpha value is -3.24. The highest BCUT2D eigenvalue weighted by Crippen LogP contribution is 2.19. The Kier molecular flexibility index (Phi) is 37.0. The van der Waals surface area contributed by atoms with Gasteiger partial charge in [-0.15, -0.1) is 0 Å². The number of carbonyl (C=O) groups excluding carboxylic acids is 4. The van der Waals surface area contributed by atoms with Crippen molar-refractivity contribution < 1.29 is 43.6 Å². The Bertz CT molecular complexity index is 1160. The van der Waals surface area contributed by atoms with Crippen LogP contribution in [-0.4, -0.2) is 72.6 Å². The lowest BCUT2D eigenvalue weighted by Crippen LogP contribution is -2.46. The SMILES string of the molecule is CCCCC/C=C\C/C=C\CCCCCCCC(=O)OCC(COC(=O)CCNC(=O)[C@H](O)C(C)(C)CO)OC(=O)CCCCCCC/C=C\C/C=C\CCCCC. The van der Waals surface area contributed by atoms with Crippen molar-refractivity contribution in [1.29, 1.82) is 0 Å². The molecule has 0 aromatic carbocycles. The second-order valence-electron chi connectivity index (χ2n) is 16.0. The number of allylic oxidation sites excluding steroid dienone is 8. The van der Waals surface area contributed by atoms with Gasteiger partial charge in [0.2, 0.25) is 5.91 Å². The van der Waals surface area contributed by atoms with Gasteiger partial charge in [-0.25, -0.2) is 0 Å². The number of esters is 3. The lowest BCUT2D eigenvalue weighted by atomic mass is 9.87. The summed E-state index contributed by atoms with van der Waals surface area (Å²) in [5, 5.41) is 22.0. The number of amides is 1. The molecule has 0 bridgehead atoms. The molecule has 3 N–H and O–H groups in total. The number of carbonyl (C=O) groups is 4. The number of aliphatic hydroxyl groups is 2. The van der Waals surface area contributed by atoms with E-state index < -0.39 is 35.5 Å². The molecular formula is C48H83NO9. The predicted octanol–water partition coefficient (Wildman–Crippen LogP) is 10.5. The fourth-order valence-corrected chi connectivity index (χ4v) is 5.86. The molecule has 10 heteroatoms.